The minimum absolute atomic E-state index is 0.709. The summed E-state index contributed by atoms with van der Waals surface area (Å²) in [5.74, 6) is 0.851. The van der Waals surface area contributed by atoms with E-state index in [9.17, 15) is 0 Å². The van der Waals surface area contributed by atoms with Gasteiger partial charge in [0.1, 0.15) is 5.82 Å². The van der Waals surface area contributed by atoms with Gasteiger partial charge in [-0.25, -0.2) is 4.98 Å². The van der Waals surface area contributed by atoms with Gasteiger partial charge in [0.15, 0.2) is 0 Å². The maximum atomic E-state index is 6.03. The van der Waals surface area contributed by atoms with Crippen LogP contribution in [0, 0.1) is 0 Å². The summed E-state index contributed by atoms with van der Waals surface area (Å²) < 4.78 is 1.08. The van der Waals surface area contributed by atoms with Crippen LogP contribution in [0.5, 0.6) is 0 Å². The normalized spacial score (nSPS) is 11.1. The average Bonchev–Trinajstić information content (AvgIpc) is 2.93. The largest absolute Gasteiger partial charge is 0.371 e. The summed E-state index contributed by atoms with van der Waals surface area (Å²) in [5, 5.41) is 0.709. The van der Waals surface area contributed by atoms with Crippen LogP contribution in [0.4, 0.5) is 5.69 Å². The molecule has 0 bridgehead atoms. The Labute approximate surface area is 143 Å². The van der Waals surface area contributed by atoms with Gasteiger partial charge in [-0.15, -0.1) is 0 Å². The van der Waals surface area contributed by atoms with Gasteiger partial charge < -0.3 is 9.88 Å². The molecule has 0 saturated heterocycles. The number of imidazole rings is 1. The molecule has 0 fully saturated rings. The number of hydrogen-bond donors (Lipinski definition) is 1. The topological polar surface area (TPSA) is 31.9 Å². The van der Waals surface area contributed by atoms with Crippen LogP contribution in [0.25, 0.3) is 22.4 Å². The van der Waals surface area contributed by atoms with E-state index in [1.165, 1.54) is 5.69 Å². The van der Waals surface area contributed by atoms with Gasteiger partial charge in [-0.1, -0.05) is 11.6 Å². The van der Waals surface area contributed by atoms with Gasteiger partial charge in [-0.3, -0.25) is 0 Å². The molecule has 0 atom stereocenters. The molecule has 3 rings (SSSR count). The van der Waals surface area contributed by atoms with E-state index in [-0.39, 0.29) is 0 Å². The zero-order chi connectivity index (χ0) is 15.7. The molecule has 3 aromatic rings. The number of fused-ring (bicyclic) bond motifs is 1. The van der Waals surface area contributed by atoms with Crippen LogP contribution in [-0.4, -0.2) is 23.1 Å². The highest BCUT2D eigenvalue weighted by Crippen LogP contribution is 2.31. The first kappa shape index (κ1) is 15.4. The fraction of sp³-hybridized carbons (Fsp3) is 0.235. The molecular weight excluding hydrogens is 362 g/mol. The Morgan fingerprint density at radius 1 is 1.14 bits per heavy atom. The molecule has 2 aromatic carbocycles. The lowest BCUT2D eigenvalue weighted by molar-refractivity contribution is 0.864. The van der Waals surface area contributed by atoms with Gasteiger partial charge in [0.2, 0.25) is 0 Å². The molecule has 0 saturated carbocycles. The quantitative estimate of drug-likeness (QED) is 0.651. The Balaban J connectivity index is 2.02. The second-order valence-corrected chi connectivity index (χ2v) is 6.38. The number of benzene rings is 2. The molecule has 1 heterocycles. The van der Waals surface area contributed by atoms with Crippen LogP contribution in [0.1, 0.15) is 13.8 Å². The maximum absolute atomic E-state index is 6.03. The lowest BCUT2D eigenvalue weighted by Gasteiger charge is -2.22. The van der Waals surface area contributed by atoms with E-state index in [1.807, 2.05) is 18.2 Å². The van der Waals surface area contributed by atoms with Crippen molar-refractivity contribution < 1.29 is 0 Å². The number of anilines is 1. The Morgan fingerprint density at radius 2 is 1.91 bits per heavy atom. The number of aromatic nitrogens is 2. The summed E-state index contributed by atoms with van der Waals surface area (Å²) in [7, 11) is 0. The van der Waals surface area contributed by atoms with Crippen molar-refractivity contribution in [3.63, 3.8) is 0 Å². The second kappa shape index (κ2) is 6.31. The fourth-order valence-electron chi connectivity index (χ4n) is 2.59. The summed E-state index contributed by atoms with van der Waals surface area (Å²) in [5.41, 5.74) is 4.12. The van der Waals surface area contributed by atoms with Crippen molar-refractivity contribution in [2.24, 2.45) is 0 Å². The monoisotopic (exact) mass is 377 g/mol. The van der Waals surface area contributed by atoms with Crippen molar-refractivity contribution in [2.45, 2.75) is 13.8 Å². The molecular formula is C17H17BrClN3. The zero-order valence-electron chi connectivity index (χ0n) is 12.5. The van der Waals surface area contributed by atoms with Crippen molar-refractivity contribution in [3.05, 3.63) is 45.9 Å². The first-order valence-electron chi connectivity index (χ1n) is 7.32. The predicted molar refractivity (Wildman–Crippen MR) is 97.8 cm³/mol. The molecule has 3 nitrogen and oxygen atoms in total. The first-order valence-corrected chi connectivity index (χ1v) is 8.49. The van der Waals surface area contributed by atoms with Crippen LogP contribution in [0.2, 0.25) is 5.02 Å². The van der Waals surface area contributed by atoms with Crippen molar-refractivity contribution in [1.29, 1.82) is 0 Å². The Morgan fingerprint density at radius 3 is 2.59 bits per heavy atom. The Hall–Kier alpha value is -1.52. The Kier molecular flexibility index (Phi) is 4.41. The van der Waals surface area contributed by atoms with Crippen molar-refractivity contribution in [2.75, 3.05) is 18.0 Å². The summed E-state index contributed by atoms with van der Waals surface area (Å²) in [4.78, 5) is 10.3. The third-order valence-electron chi connectivity index (χ3n) is 3.77. The lowest BCUT2D eigenvalue weighted by atomic mass is 10.2. The minimum Gasteiger partial charge on any atom is -0.371 e. The molecule has 1 aromatic heterocycles. The smallest absolute Gasteiger partial charge is 0.138 e. The lowest BCUT2D eigenvalue weighted by Crippen LogP contribution is -2.22. The molecule has 0 aliphatic carbocycles. The molecule has 0 aliphatic rings. The first-order chi connectivity index (χ1) is 10.6. The molecule has 0 aliphatic heterocycles. The third kappa shape index (κ3) is 2.85. The summed E-state index contributed by atoms with van der Waals surface area (Å²) in [6, 6.07) is 12.0. The molecule has 1 N–H and O–H groups in total. The van der Waals surface area contributed by atoms with E-state index < -0.39 is 0 Å². The molecule has 0 radical (unpaired) electrons. The molecule has 0 spiro atoms. The van der Waals surface area contributed by atoms with Gasteiger partial charge in [0, 0.05) is 28.1 Å². The molecule has 22 heavy (non-hydrogen) atoms. The SMILES string of the molecule is CCN(CC)c1ccc(-c2nc3ccc(Cl)cc3[nH]2)cc1Br. The van der Waals surface area contributed by atoms with Crippen LogP contribution in [-0.2, 0) is 0 Å². The number of H-pyrrole nitrogens is 1. The number of aromatic amines is 1. The van der Waals surface area contributed by atoms with Gasteiger partial charge >= 0.3 is 0 Å². The molecule has 5 heteroatoms. The highest BCUT2D eigenvalue weighted by atomic mass is 79.9. The van der Waals surface area contributed by atoms with Crippen LogP contribution >= 0.6 is 27.5 Å². The van der Waals surface area contributed by atoms with Gasteiger partial charge in [0.05, 0.1) is 16.7 Å². The van der Waals surface area contributed by atoms with E-state index in [4.69, 9.17) is 11.6 Å². The number of halogens is 2. The van der Waals surface area contributed by atoms with Crippen LogP contribution < -0.4 is 4.90 Å². The highest BCUT2D eigenvalue weighted by molar-refractivity contribution is 9.10. The average molecular weight is 379 g/mol. The number of rotatable bonds is 4. The van der Waals surface area contributed by atoms with Crippen LogP contribution in [0.3, 0.4) is 0 Å². The standard InChI is InChI=1S/C17H17BrClN3/c1-3-22(4-2)16-8-5-11(9-13(16)18)17-20-14-7-6-12(19)10-15(14)21-17/h5-10H,3-4H2,1-2H3,(H,20,21). The van der Waals surface area contributed by atoms with Crippen molar-refractivity contribution >= 4 is 44.3 Å². The Bertz CT molecular complexity index is 809. The van der Waals surface area contributed by atoms with Gasteiger partial charge in [-0.05, 0) is 66.2 Å². The summed E-state index contributed by atoms with van der Waals surface area (Å²) in [6.07, 6.45) is 0. The van der Waals surface area contributed by atoms with Crippen molar-refractivity contribution in [3.8, 4) is 11.4 Å². The van der Waals surface area contributed by atoms with Gasteiger partial charge in [-0.2, -0.15) is 0 Å². The third-order valence-corrected chi connectivity index (χ3v) is 4.64. The molecule has 114 valence electrons. The van der Waals surface area contributed by atoms with Crippen LogP contribution in [0.15, 0.2) is 40.9 Å². The van der Waals surface area contributed by atoms with E-state index in [0.717, 1.165) is 40.0 Å². The van der Waals surface area contributed by atoms with E-state index >= 15 is 0 Å². The van der Waals surface area contributed by atoms with Crippen molar-refractivity contribution in [1.82, 2.24) is 9.97 Å². The minimum atomic E-state index is 0.709. The van der Waals surface area contributed by atoms with Gasteiger partial charge in [0.25, 0.3) is 0 Å². The van der Waals surface area contributed by atoms with E-state index in [2.05, 4.69) is 62.8 Å². The number of hydrogen-bond acceptors (Lipinski definition) is 2. The fourth-order valence-corrected chi connectivity index (χ4v) is 3.40. The number of nitrogens with one attached hydrogen (secondary N) is 1. The number of nitrogens with zero attached hydrogens (tertiary/aromatic N) is 2. The van der Waals surface area contributed by atoms with E-state index in [0.29, 0.717) is 5.02 Å². The summed E-state index contributed by atoms with van der Waals surface area (Å²) >= 11 is 9.70. The molecule has 0 unspecified atom stereocenters. The zero-order valence-corrected chi connectivity index (χ0v) is 14.9. The second-order valence-electron chi connectivity index (χ2n) is 5.09. The maximum Gasteiger partial charge on any atom is 0.138 e. The van der Waals surface area contributed by atoms with E-state index in [1.54, 1.807) is 0 Å². The highest BCUT2D eigenvalue weighted by Gasteiger charge is 2.11. The predicted octanol–water partition coefficient (Wildman–Crippen LogP) is 5.49. The molecule has 0 amide bonds. The summed E-state index contributed by atoms with van der Waals surface area (Å²) in [6.45, 7) is 6.29.